The number of nitrogens with zero attached hydrogens (tertiary/aromatic N) is 1. The van der Waals surface area contributed by atoms with E-state index < -0.39 is 11.2 Å². The Hall–Kier alpha value is -1.40. The van der Waals surface area contributed by atoms with E-state index in [2.05, 4.69) is 0 Å². The molecule has 0 N–H and O–H groups in total. The second kappa shape index (κ2) is 5.09. The first-order valence-corrected chi connectivity index (χ1v) is 5.34. The van der Waals surface area contributed by atoms with E-state index in [1.807, 2.05) is 6.07 Å². The number of alkyl halides is 1. The van der Waals surface area contributed by atoms with Gasteiger partial charge in [0.2, 0.25) is 0 Å². The van der Waals surface area contributed by atoms with Gasteiger partial charge in [0.05, 0.1) is 6.07 Å². The molecule has 1 rings (SSSR count). The molecule has 0 spiro atoms. The van der Waals surface area contributed by atoms with Gasteiger partial charge in [-0.25, -0.2) is 4.39 Å². The smallest absolute Gasteiger partial charge is 0.154 e. The molecule has 1 aromatic rings. The molecule has 0 aliphatic heterocycles. The van der Waals surface area contributed by atoms with Gasteiger partial charge in [-0.1, -0.05) is 12.1 Å². The summed E-state index contributed by atoms with van der Waals surface area (Å²) in [4.78, 5) is 11.6. The first kappa shape index (κ1) is 12.7. The number of hydrogen-bond donors (Lipinski definition) is 0. The summed E-state index contributed by atoms with van der Waals surface area (Å²) >= 11 is 5.60. The molecule has 1 atom stereocenters. The minimum atomic E-state index is -1.33. The van der Waals surface area contributed by atoms with Gasteiger partial charge in [-0.2, -0.15) is 5.26 Å². The molecule has 0 saturated heterocycles. The normalized spacial score (nSPS) is 13.9. The van der Waals surface area contributed by atoms with E-state index in [4.69, 9.17) is 11.6 Å². The molecule has 0 bridgehead atoms. The molecule has 16 heavy (non-hydrogen) atoms. The van der Waals surface area contributed by atoms with Gasteiger partial charge in [-0.05, 0) is 31.0 Å². The SMILES string of the molecule is CC(=O)C(C#N)(CCCl)c1cccc(F)c1. The van der Waals surface area contributed by atoms with E-state index in [1.165, 1.54) is 25.1 Å². The number of hydrogen-bond acceptors (Lipinski definition) is 2. The van der Waals surface area contributed by atoms with Crippen molar-refractivity contribution < 1.29 is 9.18 Å². The number of nitriles is 1. The second-order valence-corrected chi connectivity index (χ2v) is 3.90. The molecule has 0 saturated carbocycles. The molecule has 84 valence electrons. The van der Waals surface area contributed by atoms with Crippen LogP contribution in [0.2, 0.25) is 0 Å². The second-order valence-electron chi connectivity index (χ2n) is 3.52. The lowest BCUT2D eigenvalue weighted by atomic mass is 9.76. The molecule has 0 heterocycles. The molecule has 4 heteroatoms. The van der Waals surface area contributed by atoms with Crippen molar-refractivity contribution >= 4 is 17.4 Å². The van der Waals surface area contributed by atoms with E-state index in [9.17, 15) is 14.4 Å². The first-order chi connectivity index (χ1) is 7.56. The van der Waals surface area contributed by atoms with Gasteiger partial charge in [0.15, 0.2) is 5.78 Å². The zero-order valence-corrected chi connectivity index (χ0v) is 9.59. The van der Waals surface area contributed by atoms with Crippen LogP contribution in [-0.4, -0.2) is 11.7 Å². The maximum atomic E-state index is 13.1. The van der Waals surface area contributed by atoms with Crippen LogP contribution in [0.15, 0.2) is 24.3 Å². The third-order valence-corrected chi connectivity index (χ3v) is 2.77. The van der Waals surface area contributed by atoms with Crippen molar-refractivity contribution in [2.24, 2.45) is 0 Å². The summed E-state index contributed by atoms with van der Waals surface area (Å²) < 4.78 is 13.1. The maximum Gasteiger partial charge on any atom is 0.154 e. The zero-order chi connectivity index (χ0) is 12.2. The molecule has 0 fully saturated rings. The molecule has 0 aromatic heterocycles. The lowest BCUT2D eigenvalue weighted by Crippen LogP contribution is -2.33. The molecule has 0 radical (unpaired) electrons. The molecule has 0 aliphatic carbocycles. The predicted molar refractivity (Wildman–Crippen MR) is 59.7 cm³/mol. The summed E-state index contributed by atoms with van der Waals surface area (Å²) in [7, 11) is 0. The Bertz CT molecular complexity index is 441. The summed E-state index contributed by atoms with van der Waals surface area (Å²) in [5, 5.41) is 9.17. The molecule has 1 unspecified atom stereocenters. The van der Waals surface area contributed by atoms with E-state index in [0.29, 0.717) is 5.56 Å². The topological polar surface area (TPSA) is 40.9 Å². The average Bonchev–Trinajstić information content (AvgIpc) is 2.25. The van der Waals surface area contributed by atoms with Crippen molar-refractivity contribution in [3.8, 4) is 6.07 Å². The Balaban J connectivity index is 3.31. The minimum absolute atomic E-state index is 0.170. The minimum Gasteiger partial charge on any atom is -0.298 e. The van der Waals surface area contributed by atoms with Crippen molar-refractivity contribution in [1.82, 2.24) is 0 Å². The van der Waals surface area contributed by atoms with Crippen molar-refractivity contribution in [3.63, 3.8) is 0 Å². The van der Waals surface area contributed by atoms with Gasteiger partial charge in [0.25, 0.3) is 0 Å². The lowest BCUT2D eigenvalue weighted by Gasteiger charge is -2.23. The summed E-state index contributed by atoms with van der Waals surface area (Å²) in [5.41, 5.74) is -0.965. The number of carbonyl (C=O) groups is 1. The van der Waals surface area contributed by atoms with Gasteiger partial charge >= 0.3 is 0 Å². The van der Waals surface area contributed by atoms with Crippen LogP contribution < -0.4 is 0 Å². The number of ketones is 1. The quantitative estimate of drug-likeness (QED) is 0.758. The first-order valence-electron chi connectivity index (χ1n) is 4.81. The highest BCUT2D eigenvalue weighted by Crippen LogP contribution is 2.29. The average molecular weight is 240 g/mol. The Morgan fingerprint density at radius 1 is 1.62 bits per heavy atom. The standard InChI is InChI=1S/C12H11ClFNO/c1-9(16)12(8-15,5-6-13)10-3-2-4-11(14)7-10/h2-4,7H,5-6H2,1H3. The predicted octanol–water partition coefficient (Wildman–Crippen LogP) is 2.80. The largest absolute Gasteiger partial charge is 0.298 e. The number of halogens is 2. The fourth-order valence-corrected chi connectivity index (χ4v) is 1.90. The molecule has 2 nitrogen and oxygen atoms in total. The fraction of sp³-hybridized carbons (Fsp3) is 0.333. The van der Waals surface area contributed by atoms with Crippen molar-refractivity contribution in [2.75, 3.05) is 5.88 Å². The summed E-state index contributed by atoms with van der Waals surface area (Å²) in [5.74, 6) is -0.613. The van der Waals surface area contributed by atoms with E-state index in [-0.39, 0.29) is 18.1 Å². The van der Waals surface area contributed by atoms with Crippen LogP contribution in [0.1, 0.15) is 18.9 Å². The van der Waals surface area contributed by atoms with Crippen LogP contribution in [0.4, 0.5) is 4.39 Å². The van der Waals surface area contributed by atoms with Gasteiger partial charge in [0, 0.05) is 5.88 Å². The molecular weight excluding hydrogens is 229 g/mol. The maximum absolute atomic E-state index is 13.1. The molecule has 1 aromatic carbocycles. The van der Waals surface area contributed by atoms with Gasteiger partial charge in [0.1, 0.15) is 11.2 Å². The molecule has 0 amide bonds. The number of rotatable bonds is 4. The van der Waals surface area contributed by atoms with Crippen LogP contribution in [0, 0.1) is 17.1 Å². The number of Topliss-reactive ketones (excluding diaryl/α,β-unsaturated/α-hetero) is 1. The van der Waals surface area contributed by atoms with E-state index >= 15 is 0 Å². The van der Waals surface area contributed by atoms with Crippen LogP contribution in [0.5, 0.6) is 0 Å². The van der Waals surface area contributed by atoms with E-state index in [0.717, 1.165) is 0 Å². The Morgan fingerprint density at radius 2 is 2.31 bits per heavy atom. The van der Waals surface area contributed by atoms with Gasteiger partial charge in [-0.3, -0.25) is 4.79 Å². The third kappa shape index (κ3) is 2.23. The summed E-state index contributed by atoms with van der Waals surface area (Å²) in [6.45, 7) is 1.32. The van der Waals surface area contributed by atoms with Crippen LogP contribution in [-0.2, 0) is 10.2 Å². The van der Waals surface area contributed by atoms with Gasteiger partial charge in [-0.15, -0.1) is 11.6 Å². The fourth-order valence-electron chi connectivity index (χ4n) is 1.62. The highest BCUT2D eigenvalue weighted by atomic mass is 35.5. The summed E-state index contributed by atoms with van der Waals surface area (Å²) in [6.07, 6.45) is 0.184. The van der Waals surface area contributed by atoms with Gasteiger partial charge < -0.3 is 0 Å². The van der Waals surface area contributed by atoms with Crippen LogP contribution in [0.3, 0.4) is 0 Å². The van der Waals surface area contributed by atoms with Crippen LogP contribution >= 0.6 is 11.6 Å². The number of benzene rings is 1. The lowest BCUT2D eigenvalue weighted by molar-refractivity contribution is -0.120. The number of carbonyl (C=O) groups excluding carboxylic acids is 1. The highest BCUT2D eigenvalue weighted by Gasteiger charge is 2.37. The Kier molecular flexibility index (Phi) is 4.03. The zero-order valence-electron chi connectivity index (χ0n) is 8.84. The monoisotopic (exact) mass is 239 g/mol. The molecular formula is C12H11ClFNO. The van der Waals surface area contributed by atoms with Crippen LogP contribution in [0.25, 0.3) is 0 Å². The van der Waals surface area contributed by atoms with E-state index in [1.54, 1.807) is 6.07 Å². The Morgan fingerprint density at radius 3 is 2.75 bits per heavy atom. The molecule has 0 aliphatic rings. The van der Waals surface area contributed by atoms with Crippen molar-refractivity contribution in [3.05, 3.63) is 35.6 Å². The Labute approximate surface area is 98.6 Å². The van der Waals surface area contributed by atoms with Crippen molar-refractivity contribution in [1.29, 1.82) is 5.26 Å². The third-order valence-electron chi connectivity index (χ3n) is 2.58. The highest BCUT2D eigenvalue weighted by molar-refractivity contribution is 6.18. The summed E-state index contributed by atoms with van der Waals surface area (Å²) in [6, 6.07) is 7.48. The van der Waals surface area contributed by atoms with Crippen molar-refractivity contribution in [2.45, 2.75) is 18.8 Å².